The van der Waals surface area contributed by atoms with E-state index in [-0.39, 0.29) is 5.56 Å². The van der Waals surface area contributed by atoms with Crippen LogP contribution in [0, 0.1) is 21.7 Å². The molecule has 0 unspecified atom stereocenters. The van der Waals surface area contributed by atoms with Crippen molar-refractivity contribution >= 4 is 0 Å². The average molecular weight is 474 g/mol. The first-order valence-electron chi connectivity index (χ1n) is 9.14. The number of aromatic nitrogens is 1. The molecule has 0 bridgehead atoms. The minimum absolute atomic E-state index is 0.256. The van der Waals surface area contributed by atoms with E-state index in [0.717, 1.165) is 24.4 Å². The third-order valence-electron chi connectivity index (χ3n) is 4.63. The number of nitrogens with zero attached hydrogens (tertiary/aromatic N) is 2. The lowest BCUT2D eigenvalue weighted by Gasteiger charge is -2.24. The van der Waals surface area contributed by atoms with Gasteiger partial charge in [0.05, 0.1) is 0 Å². The highest BCUT2D eigenvalue weighted by atomic mass is 19.4. The first kappa shape index (κ1) is 24.0. The molecule has 5 nitrogen and oxygen atoms in total. The summed E-state index contributed by atoms with van der Waals surface area (Å²) in [7, 11) is 0. The number of hydrogen-bond acceptors (Lipinski definition) is 4. The summed E-state index contributed by atoms with van der Waals surface area (Å²) in [5.74, 6) is -9.15. The van der Waals surface area contributed by atoms with Crippen molar-refractivity contribution in [3.05, 3.63) is 93.8 Å². The molecule has 3 rings (SSSR count). The monoisotopic (exact) mass is 474 g/mol. The topological polar surface area (TPSA) is 65.3 Å². The van der Waals surface area contributed by atoms with E-state index in [1.54, 1.807) is 0 Å². The second-order valence-electron chi connectivity index (χ2n) is 6.86. The Bertz CT molecular complexity index is 1130. The Morgan fingerprint density at radius 3 is 2.09 bits per heavy atom. The Hall–Kier alpha value is -3.70. The fourth-order valence-electron chi connectivity index (χ4n) is 3.13. The van der Waals surface area contributed by atoms with Crippen molar-refractivity contribution in [3.8, 4) is 16.9 Å². The molecule has 12 heteroatoms. The Morgan fingerprint density at radius 2 is 1.58 bits per heavy atom. The molecule has 1 aromatic heterocycles. The number of alkyl halides is 5. The van der Waals surface area contributed by atoms with E-state index in [2.05, 4.69) is 9.72 Å². The van der Waals surface area contributed by atoms with Gasteiger partial charge >= 0.3 is 12.3 Å². The van der Waals surface area contributed by atoms with Crippen LogP contribution in [0.4, 0.5) is 30.7 Å². The number of ether oxygens (including phenoxy) is 1. The van der Waals surface area contributed by atoms with Crippen molar-refractivity contribution < 1.29 is 40.4 Å². The van der Waals surface area contributed by atoms with Gasteiger partial charge in [-0.3, -0.25) is 15.1 Å². The smallest absolute Gasteiger partial charge is 0.406 e. The van der Waals surface area contributed by atoms with Crippen LogP contribution >= 0.6 is 0 Å². The van der Waals surface area contributed by atoms with Gasteiger partial charge in [0.25, 0.3) is 0 Å². The molecule has 0 aliphatic rings. The quantitative estimate of drug-likeness (QED) is 0.237. The third-order valence-corrected chi connectivity index (χ3v) is 4.63. The molecular formula is C21H13F7N2O3. The van der Waals surface area contributed by atoms with E-state index in [4.69, 9.17) is 0 Å². The summed E-state index contributed by atoms with van der Waals surface area (Å²) in [6.45, 7) is -1.35. The first-order valence-corrected chi connectivity index (χ1v) is 9.14. The van der Waals surface area contributed by atoms with Gasteiger partial charge in [0.2, 0.25) is 6.54 Å². The number of hydrogen-bond donors (Lipinski definition) is 0. The van der Waals surface area contributed by atoms with Crippen LogP contribution in [0.5, 0.6) is 5.75 Å². The predicted molar refractivity (Wildman–Crippen MR) is 101 cm³/mol. The molecule has 0 fully saturated rings. The van der Waals surface area contributed by atoms with Crippen LogP contribution in [0.25, 0.3) is 11.1 Å². The Balaban J connectivity index is 1.90. The van der Waals surface area contributed by atoms with Gasteiger partial charge in [-0.05, 0) is 29.8 Å². The summed E-state index contributed by atoms with van der Waals surface area (Å²) in [5.41, 5.74) is -1.06. The van der Waals surface area contributed by atoms with Crippen LogP contribution in [0.3, 0.4) is 0 Å². The standard InChI is InChI=1S/C21H13F7N2O3/c22-14-4-7-16(18(23)9-14)17(11-30(31)32)20(24,25)19-8-3-13(10-29-19)12-1-5-15(6-2-12)33-21(26,27)28/h1-10,17H,11H2/t17-/m0/s1. The summed E-state index contributed by atoms with van der Waals surface area (Å²) in [4.78, 5) is 13.6. The molecule has 0 radical (unpaired) electrons. The number of nitro groups is 1. The Kier molecular flexibility index (Phi) is 6.56. The second kappa shape index (κ2) is 9.04. The molecule has 33 heavy (non-hydrogen) atoms. The van der Waals surface area contributed by atoms with E-state index >= 15 is 8.78 Å². The molecule has 0 saturated carbocycles. The lowest BCUT2D eigenvalue weighted by Crippen LogP contribution is -2.31. The van der Waals surface area contributed by atoms with Gasteiger partial charge in [-0.15, -0.1) is 13.2 Å². The number of rotatable bonds is 7. The van der Waals surface area contributed by atoms with Gasteiger partial charge in [-0.25, -0.2) is 8.78 Å². The maximum Gasteiger partial charge on any atom is 0.573 e. The zero-order valence-electron chi connectivity index (χ0n) is 16.3. The van der Waals surface area contributed by atoms with Gasteiger partial charge in [0.1, 0.15) is 29.0 Å². The molecule has 0 saturated heterocycles. The molecule has 0 spiro atoms. The first-order chi connectivity index (χ1) is 15.4. The van der Waals surface area contributed by atoms with Crippen molar-refractivity contribution in [1.82, 2.24) is 4.98 Å². The molecule has 3 aromatic rings. The van der Waals surface area contributed by atoms with Crippen molar-refractivity contribution in [2.24, 2.45) is 0 Å². The van der Waals surface area contributed by atoms with E-state index in [1.807, 2.05) is 0 Å². The minimum Gasteiger partial charge on any atom is -0.406 e. The van der Waals surface area contributed by atoms with Crippen molar-refractivity contribution in [3.63, 3.8) is 0 Å². The number of pyridine rings is 1. The maximum absolute atomic E-state index is 15.1. The molecule has 0 aliphatic carbocycles. The summed E-state index contributed by atoms with van der Waals surface area (Å²) >= 11 is 0. The molecule has 1 heterocycles. The van der Waals surface area contributed by atoms with Gasteiger partial charge < -0.3 is 4.74 Å². The fraction of sp³-hybridized carbons (Fsp3) is 0.190. The summed E-state index contributed by atoms with van der Waals surface area (Å²) < 4.78 is 98.1. The molecule has 174 valence electrons. The second-order valence-corrected chi connectivity index (χ2v) is 6.86. The highest BCUT2D eigenvalue weighted by Gasteiger charge is 2.48. The third kappa shape index (κ3) is 5.76. The van der Waals surface area contributed by atoms with Crippen LogP contribution in [-0.4, -0.2) is 22.8 Å². The predicted octanol–water partition coefficient (Wildman–Crippen LogP) is 6.08. The molecular weight excluding hydrogens is 461 g/mol. The molecule has 1 atom stereocenters. The van der Waals surface area contributed by atoms with Crippen LogP contribution in [0.15, 0.2) is 60.8 Å². The highest BCUT2D eigenvalue weighted by molar-refractivity contribution is 5.63. The van der Waals surface area contributed by atoms with Gasteiger partial charge in [0.15, 0.2) is 0 Å². The van der Waals surface area contributed by atoms with Gasteiger partial charge in [-0.2, -0.15) is 8.78 Å². The van der Waals surface area contributed by atoms with Crippen LogP contribution in [0.1, 0.15) is 17.2 Å². The van der Waals surface area contributed by atoms with Gasteiger partial charge in [0, 0.05) is 28.3 Å². The molecule has 0 aliphatic heterocycles. The van der Waals surface area contributed by atoms with E-state index in [9.17, 15) is 32.1 Å². The lowest BCUT2D eigenvalue weighted by atomic mass is 9.89. The lowest BCUT2D eigenvalue weighted by molar-refractivity contribution is -0.488. The van der Waals surface area contributed by atoms with Crippen molar-refractivity contribution in [2.45, 2.75) is 18.2 Å². The van der Waals surface area contributed by atoms with Crippen LogP contribution in [0.2, 0.25) is 0 Å². The van der Waals surface area contributed by atoms with Gasteiger partial charge in [-0.1, -0.05) is 24.3 Å². The SMILES string of the molecule is O=[N+]([O-])C[C@@H](c1ccc(F)cc1F)C(F)(F)c1ccc(-c2ccc(OC(F)(F)F)cc2)cn1. The highest BCUT2D eigenvalue weighted by Crippen LogP contribution is 2.42. The van der Waals surface area contributed by atoms with E-state index in [0.29, 0.717) is 23.8 Å². The summed E-state index contributed by atoms with van der Waals surface area (Å²) in [6, 6.07) is 8.37. The minimum atomic E-state index is -4.87. The normalized spacial score (nSPS) is 12.9. The Labute approximate surface area is 181 Å². The largest absolute Gasteiger partial charge is 0.573 e. The van der Waals surface area contributed by atoms with Crippen LogP contribution in [-0.2, 0) is 5.92 Å². The van der Waals surface area contributed by atoms with E-state index < -0.39 is 58.3 Å². The summed E-state index contributed by atoms with van der Waals surface area (Å²) in [6.07, 6.45) is -3.88. The maximum atomic E-state index is 15.1. The number of halogens is 7. The fourth-order valence-corrected chi connectivity index (χ4v) is 3.13. The molecule has 2 aromatic carbocycles. The number of benzene rings is 2. The van der Waals surface area contributed by atoms with Crippen molar-refractivity contribution in [2.75, 3.05) is 6.54 Å². The summed E-state index contributed by atoms with van der Waals surface area (Å²) in [5, 5.41) is 11.0. The molecule has 0 amide bonds. The zero-order valence-corrected chi connectivity index (χ0v) is 16.3. The average Bonchev–Trinajstić information content (AvgIpc) is 2.72. The molecule has 0 N–H and O–H groups in total. The van der Waals surface area contributed by atoms with Crippen molar-refractivity contribution in [1.29, 1.82) is 0 Å². The van der Waals surface area contributed by atoms with Crippen LogP contribution < -0.4 is 4.74 Å². The van der Waals surface area contributed by atoms with E-state index in [1.165, 1.54) is 18.2 Å². The zero-order chi connectivity index (χ0) is 24.4. The Morgan fingerprint density at radius 1 is 0.939 bits per heavy atom.